The van der Waals surface area contributed by atoms with Gasteiger partial charge in [0.2, 0.25) is 10.0 Å². The first-order valence-corrected chi connectivity index (χ1v) is 9.30. The van der Waals surface area contributed by atoms with E-state index >= 15 is 0 Å². The van der Waals surface area contributed by atoms with E-state index in [2.05, 4.69) is 6.07 Å². The van der Waals surface area contributed by atoms with Crippen LogP contribution < -0.4 is 0 Å². The normalized spacial score (nSPS) is 12.5. The van der Waals surface area contributed by atoms with Crippen molar-refractivity contribution < 1.29 is 8.42 Å². The molecular weight excluding hydrogens is 308 g/mol. The fraction of sp³-hybridized carbons (Fsp3) is 0.611. The molecule has 0 radical (unpaired) electrons. The summed E-state index contributed by atoms with van der Waals surface area (Å²) in [6, 6.07) is 4.07. The third kappa shape index (κ3) is 4.55. The van der Waals surface area contributed by atoms with Gasteiger partial charge in [0.1, 0.15) is 0 Å². The van der Waals surface area contributed by atoms with Crippen LogP contribution in [0.15, 0.2) is 11.0 Å². The maximum absolute atomic E-state index is 13.3. The zero-order chi connectivity index (χ0) is 18.0. The number of rotatable bonds is 5. The summed E-state index contributed by atoms with van der Waals surface area (Å²) in [5, 5.41) is 8.88. The first kappa shape index (κ1) is 19.7. The van der Waals surface area contributed by atoms with Crippen LogP contribution in [0.4, 0.5) is 0 Å². The lowest BCUT2D eigenvalue weighted by Crippen LogP contribution is -2.39. The topological polar surface area (TPSA) is 61.2 Å². The van der Waals surface area contributed by atoms with Crippen molar-refractivity contribution >= 4 is 10.0 Å². The molecule has 0 aliphatic rings. The highest BCUT2D eigenvalue weighted by Gasteiger charge is 2.31. The fourth-order valence-corrected chi connectivity index (χ4v) is 4.93. The molecule has 0 saturated heterocycles. The van der Waals surface area contributed by atoms with Crippen molar-refractivity contribution in [1.29, 1.82) is 5.26 Å². The minimum atomic E-state index is -3.63. The number of aryl methyl sites for hydroxylation is 2. The van der Waals surface area contributed by atoms with Gasteiger partial charge in [0.05, 0.1) is 11.0 Å². The van der Waals surface area contributed by atoms with E-state index in [4.69, 9.17) is 5.26 Å². The standard InChI is InChI=1S/C18H28N2O2S/c1-13-11-14(2)16(4)17(15(13)3)23(21,22)20(10-8-9-19)12-18(5,6)7/h11H,8,10,12H2,1-7H3. The molecule has 23 heavy (non-hydrogen) atoms. The molecule has 5 heteroatoms. The van der Waals surface area contributed by atoms with E-state index < -0.39 is 10.0 Å². The molecule has 0 aliphatic heterocycles. The van der Waals surface area contributed by atoms with Gasteiger partial charge in [-0.2, -0.15) is 9.57 Å². The largest absolute Gasteiger partial charge is 0.243 e. The van der Waals surface area contributed by atoms with Crippen LogP contribution >= 0.6 is 0 Å². The number of sulfonamides is 1. The maximum atomic E-state index is 13.3. The van der Waals surface area contributed by atoms with Crippen LogP contribution in [-0.2, 0) is 10.0 Å². The second-order valence-corrected chi connectivity index (χ2v) is 9.27. The molecule has 0 atom stereocenters. The molecule has 0 N–H and O–H groups in total. The van der Waals surface area contributed by atoms with Crippen LogP contribution in [-0.4, -0.2) is 25.8 Å². The number of hydrogen-bond donors (Lipinski definition) is 0. The van der Waals surface area contributed by atoms with Crippen LogP contribution in [0.25, 0.3) is 0 Å². The van der Waals surface area contributed by atoms with Gasteiger partial charge in [-0.05, 0) is 55.4 Å². The Morgan fingerprint density at radius 3 is 1.96 bits per heavy atom. The van der Waals surface area contributed by atoms with Crippen LogP contribution in [0.1, 0.15) is 49.4 Å². The Morgan fingerprint density at radius 1 is 1.09 bits per heavy atom. The van der Waals surface area contributed by atoms with Crippen molar-refractivity contribution in [1.82, 2.24) is 4.31 Å². The van der Waals surface area contributed by atoms with Gasteiger partial charge < -0.3 is 0 Å². The van der Waals surface area contributed by atoms with Crippen LogP contribution in [0.2, 0.25) is 0 Å². The minimum absolute atomic E-state index is 0.177. The highest BCUT2D eigenvalue weighted by Crippen LogP contribution is 2.30. The van der Waals surface area contributed by atoms with Crippen LogP contribution in [0, 0.1) is 44.4 Å². The number of hydrogen-bond acceptors (Lipinski definition) is 3. The summed E-state index contributed by atoms with van der Waals surface area (Å²) in [5.41, 5.74) is 3.36. The van der Waals surface area contributed by atoms with E-state index in [1.54, 1.807) is 0 Å². The average Bonchev–Trinajstić information content (AvgIpc) is 2.40. The van der Waals surface area contributed by atoms with Gasteiger partial charge in [-0.1, -0.05) is 26.8 Å². The van der Waals surface area contributed by atoms with Gasteiger partial charge in [0.15, 0.2) is 0 Å². The molecule has 0 bridgehead atoms. The lowest BCUT2D eigenvalue weighted by molar-refractivity contribution is 0.284. The Hall–Kier alpha value is -1.38. The van der Waals surface area contributed by atoms with Gasteiger partial charge in [0.25, 0.3) is 0 Å². The third-order valence-corrected chi connectivity index (χ3v) is 6.14. The van der Waals surface area contributed by atoms with Crippen molar-refractivity contribution in [2.24, 2.45) is 5.41 Å². The van der Waals surface area contributed by atoms with Gasteiger partial charge in [-0.3, -0.25) is 0 Å². The third-order valence-electron chi connectivity index (χ3n) is 4.02. The molecule has 0 saturated carbocycles. The van der Waals surface area contributed by atoms with E-state index in [0.717, 1.165) is 22.3 Å². The molecule has 1 aromatic carbocycles. The van der Waals surface area contributed by atoms with Gasteiger partial charge in [-0.15, -0.1) is 0 Å². The summed E-state index contributed by atoms with van der Waals surface area (Å²) in [6.07, 6.45) is 0.193. The monoisotopic (exact) mass is 336 g/mol. The second kappa shape index (κ2) is 7.02. The number of nitrogens with zero attached hydrogens (tertiary/aromatic N) is 2. The molecule has 0 fully saturated rings. The first-order chi connectivity index (χ1) is 10.4. The van der Waals surface area contributed by atoms with Crippen molar-refractivity contribution in [2.45, 2.75) is 59.8 Å². The fourth-order valence-electron chi connectivity index (χ4n) is 2.68. The lowest BCUT2D eigenvalue weighted by atomic mass is 9.97. The molecule has 0 aromatic heterocycles. The maximum Gasteiger partial charge on any atom is 0.243 e. The van der Waals surface area contributed by atoms with Crippen LogP contribution in [0.3, 0.4) is 0 Å². The number of nitriles is 1. The quantitative estimate of drug-likeness (QED) is 0.820. The Kier molecular flexibility index (Phi) is 6.00. The van der Waals surface area contributed by atoms with E-state index in [1.165, 1.54) is 4.31 Å². The van der Waals surface area contributed by atoms with Gasteiger partial charge >= 0.3 is 0 Å². The molecule has 0 aliphatic carbocycles. The summed E-state index contributed by atoms with van der Waals surface area (Å²) in [5.74, 6) is 0. The van der Waals surface area contributed by atoms with Crippen molar-refractivity contribution in [3.8, 4) is 6.07 Å². The zero-order valence-electron chi connectivity index (χ0n) is 15.3. The first-order valence-electron chi connectivity index (χ1n) is 7.86. The molecule has 0 amide bonds. The Balaban J connectivity index is 3.50. The smallest absolute Gasteiger partial charge is 0.207 e. The average molecular weight is 337 g/mol. The Morgan fingerprint density at radius 2 is 1.57 bits per heavy atom. The zero-order valence-corrected chi connectivity index (χ0v) is 16.1. The summed E-state index contributed by atoms with van der Waals surface area (Å²) >= 11 is 0. The number of benzene rings is 1. The van der Waals surface area contributed by atoms with Crippen molar-refractivity contribution in [2.75, 3.05) is 13.1 Å². The summed E-state index contributed by atoms with van der Waals surface area (Å²) in [7, 11) is -3.63. The van der Waals surface area contributed by atoms with Crippen molar-refractivity contribution in [3.05, 3.63) is 28.3 Å². The minimum Gasteiger partial charge on any atom is -0.207 e. The van der Waals surface area contributed by atoms with Crippen LogP contribution in [0.5, 0.6) is 0 Å². The second-order valence-electron chi connectivity index (χ2n) is 7.40. The molecule has 0 spiro atoms. The summed E-state index contributed by atoms with van der Waals surface area (Å²) in [4.78, 5) is 0.400. The van der Waals surface area contributed by atoms with E-state index in [1.807, 2.05) is 54.5 Å². The summed E-state index contributed by atoms with van der Waals surface area (Å²) in [6.45, 7) is 14.2. The van der Waals surface area contributed by atoms with E-state index in [0.29, 0.717) is 11.4 Å². The lowest BCUT2D eigenvalue weighted by Gasteiger charge is -2.30. The molecule has 0 heterocycles. The van der Waals surface area contributed by atoms with Crippen molar-refractivity contribution in [3.63, 3.8) is 0 Å². The van der Waals surface area contributed by atoms with E-state index in [-0.39, 0.29) is 18.4 Å². The Bertz CT molecular complexity index is 697. The SMILES string of the molecule is Cc1cc(C)c(C)c(S(=O)(=O)N(CCC#N)CC(C)(C)C)c1C. The molecule has 128 valence electrons. The van der Waals surface area contributed by atoms with E-state index in [9.17, 15) is 8.42 Å². The highest BCUT2D eigenvalue weighted by molar-refractivity contribution is 7.89. The molecular formula is C18H28N2O2S. The van der Waals surface area contributed by atoms with Gasteiger partial charge in [-0.25, -0.2) is 8.42 Å². The predicted molar refractivity (Wildman–Crippen MR) is 93.8 cm³/mol. The molecule has 1 rings (SSSR count). The molecule has 1 aromatic rings. The molecule has 0 unspecified atom stereocenters. The predicted octanol–water partition coefficient (Wildman–Crippen LogP) is 3.87. The Labute approximate surface area is 141 Å². The molecule has 4 nitrogen and oxygen atoms in total. The van der Waals surface area contributed by atoms with Gasteiger partial charge in [0, 0.05) is 19.5 Å². The summed E-state index contributed by atoms with van der Waals surface area (Å²) < 4.78 is 28.0. The highest BCUT2D eigenvalue weighted by atomic mass is 32.2.